The summed E-state index contributed by atoms with van der Waals surface area (Å²) in [5.74, 6) is -3.48. The Kier molecular flexibility index (Phi) is 22.8. The van der Waals surface area contributed by atoms with Gasteiger partial charge in [0.1, 0.15) is 23.0 Å². The van der Waals surface area contributed by atoms with Crippen LogP contribution in [0.3, 0.4) is 0 Å². The first kappa shape index (κ1) is 52.4. The van der Waals surface area contributed by atoms with Gasteiger partial charge in [0.25, 0.3) is 0 Å². The highest BCUT2D eigenvalue weighted by Crippen LogP contribution is 2.41. The molecule has 308 valence electrons. The van der Waals surface area contributed by atoms with Crippen molar-refractivity contribution in [2.45, 2.75) is 7.43 Å². The summed E-state index contributed by atoms with van der Waals surface area (Å²) in [4.78, 5) is 0. The summed E-state index contributed by atoms with van der Waals surface area (Å²) in [6.07, 6.45) is 0. The van der Waals surface area contributed by atoms with Crippen LogP contribution in [0.15, 0.2) is 115 Å². The Morgan fingerprint density at radius 3 is 0.948 bits per heavy atom. The smallest absolute Gasteiger partial charge is 0.369 e. The molecule has 18 heteroatoms. The number of aromatic hydroxyl groups is 2. The Morgan fingerprint density at radius 1 is 0.466 bits per heavy atom. The molecule has 0 fully saturated rings. The molecule has 58 heavy (non-hydrogen) atoms. The van der Waals surface area contributed by atoms with Crippen LogP contribution in [0.25, 0.3) is 44.5 Å². The van der Waals surface area contributed by atoms with Gasteiger partial charge in [-0.2, -0.15) is 0 Å². The molecule has 0 saturated heterocycles. The van der Waals surface area contributed by atoms with Crippen molar-refractivity contribution in [1.82, 2.24) is 0 Å². The van der Waals surface area contributed by atoms with Gasteiger partial charge in [0.2, 0.25) is 0 Å². The van der Waals surface area contributed by atoms with E-state index in [4.69, 9.17) is 32.7 Å². The maximum absolute atomic E-state index is 14.9. The van der Waals surface area contributed by atoms with E-state index in [-0.39, 0.29) is 60.8 Å². The maximum Gasteiger partial charge on any atom is 0.369 e. The Labute approximate surface area is 403 Å². The summed E-state index contributed by atoms with van der Waals surface area (Å²) in [5, 5.41) is 20.0. The maximum atomic E-state index is 14.9. The lowest BCUT2D eigenvalue weighted by molar-refractivity contribution is 0.415. The van der Waals surface area contributed by atoms with Crippen molar-refractivity contribution in [3.8, 4) is 67.5 Å². The van der Waals surface area contributed by atoms with E-state index < -0.39 is 23.3 Å². The topological polar surface area (TPSA) is 58.9 Å². The SMILES string of the molecule is BrB(Br)Br.C.COc1ccc(Br)cc1-c1ccc(-c2cc(Br)ccc2OC)c(F)c1F.ClCCl.Oc1ccc(Br)cc1-c1ccc(-c2cc(Br)ccc2O)c(F)c1F. The van der Waals surface area contributed by atoms with Crippen molar-refractivity contribution in [2.24, 2.45) is 0 Å². The van der Waals surface area contributed by atoms with Gasteiger partial charge in [0.05, 0.1) is 19.6 Å². The summed E-state index contributed by atoms with van der Waals surface area (Å²) in [7, 11) is 2.98. The quantitative estimate of drug-likeness (QED) is 0.0991. The number of methoxy groups -OCH3 is 2. The molecule has 6 aromatic rings. The summed E-state index contributed by atoms with van der Waals surface area (Å²) >= 11 is 32.0. The molecule has 0 aliphatic heterocycles. The van der Waals surface area contributed by atoms with Gasteiger partial charge in [0, 0.05) is 62.4 Å². The first-order valence-corrected chi connectivity index (χ1v) is 22.6. The van der Waals surface area contributed by atoms with E-state index in [1.165, 1.54) is 50.6 Å². The van der Waals surface area contributed by atoms with Crippen LogP contribution in [0.4, 0.5) is 17.6 Å². The third kappa shape index (κ3) is 14.2. The van der Waals surface area contributed by atoms with Crippen molar-refractivity contribution in [1.29, 1.82) is 0 Å². The minimum Gasteiger partial charge on any atom is -0.507 e. The van der Waals surface area contributed by atoms with Gasteiger partial charge in [-0.15, -0.1) is 70.5 Å². The second-order valence-electron chi connectivity index (χ2n) is 10.9. The molecule has 6 rings (SSSR count). The molecule has 0 heterocycles. The predicted octanol–water partition coefficient (Wildman–Crippen LogP) is 17.3. The zero-order valence-electron chi connectivity index (χ0n) is 29.1. The Balaban J connectivity index is 0.000000341. The normalized spacial score (nSPS) is 10.1. The van der Waals surface area contributed by atoms with Crippen molar-refractivity contribution < 1.29 is 37.2 Å². The van der Waals surface area contributed by atoms with Crippen LogP contribution in [0.1, 0.15) is 7.43 Å². The number of halogens is 13. The molecule has 0 spiro atoms. The van der Waals surface area contributed by atoms with E-state index in [2.05, 4.69) is 111 Å². The fourth-order valence-corrected chi connectivity index (χ4v) is 6.60. The van der Waals surface area contributed by atoms with Crippen LogP contribution in [-0.4, -0.2) is 33.0 Å². The average molecular weight is 1290 g/mol. The zero-order valence-corrected chi connectivity index (χ0v) is 41.8. The summed E-state index contributed by atoms with van der Waals surface area (Å²) in [5.41, 5.74) is 1.39. The molecule has 0 aromatic heterocycles. The molecule has 2 N–H and O–H groups in total. The van der Waals surface area contributed by atoms with Crippen LogP contribution < -0.4 is 9.47 Å². The lowest BCUT2D eigenvalue weighted by Crippen LogP contribution is -1.97. The number of phenolic OH excluding ortho intramolecular Hbond substituents is 2. The van der Waals surface area contributed by atoms with Crippen LogP contribution in [0.2, 0.25) is 0 Å². The molecule has 0 aliphatic carbocycles. The van der Waals surface area contributed by atoms with Gasteiger partial charge >= 0.3 is 3.18 Å². The standard InChI is InChI=1S/C20H14Br2F2O2.C18H10Br2F2O2.CH2Cl2.CH4.BBr3/c1-25-17-7-3-11(21)9-15(17)13-5-6-14(20(24)19(13)23)16-10-12(22)4-8-18(16)26-2;19-9-1-5-15(23)13(7-9)11-3-4-12(18(22)17(11)21)14-8-10(20)2-6-16(14)24;2-1-3;;2-1(3)4/h3-10H,1-2H3;1-8,23-24H;1H2;1H4;. The largest absolute Gasteiger partial charge is 0.507 e. The Morgan fingerprint density at radius 2 is 0.690 bits per heavy atom. The number of alkyl halides is 2. The first-order chi connectivity index (χ1) is 27.0. The third-order valence-corrected chi connectivity index (χ3v) is 9.54. The van der Waals surface area contributed by atoms with E-state index in [0.29, 0.717) is 31.6 Å². The second-order valence-corrected chi connectivity index (χ2v) is 21.8. The zero-order chi connectivity index (χ0) is 42.6. The number of rotatable bonds is 6. The van der Waals surface area contributed by atoms with Crippen molar-refractivity contribution in [2.75, 3.05) is 19.6 Å². The highest BCUT2D eigenvalue weighted by Gasteiger charge is 2.22. The molecule has 0 aliphatic rings. The van der Waals surface area contributed by atoms with E-state index in [0.717, 1.165) is 8.95 Å². The fourth-order valence-electron chi connectivity index (χ4n) is 5.16. The lowest BCUT2D eigenvalue weighted by atomic mass is 9.98. The first-order valence-electron chi connectivity index (χ1n) is 15.6. The molecule has 6 aromatic carbocycles. The second kappa shape index (κ2) is 25.2. The minimum absolute atomic E-state index is 0. The monoisotopic (exact) mass is 1280 g/mol. The number of hydrogen-bond donors (Lipinski definition) is 2. The van der Waals surface area contributed by atoms with Gasteiger partial charge in [-0.3, -0.25) is 0 Å². The van der Waals surface area contributed by atoms with E-state index in [1.807, 2.05) is 0 Å². The molecule has 0 saturated carbocycles. The van der Waals surface area contributed by atoms with Crippen LogP contribution in [-0.2, 0) is 0 Å². The molecular formula is C40H30BBr7Cl2F4O4. The minimum atomic E-state index is -1.10. The van der Waals surface area contributed by atoms with Crippen LogP contribution in [0, 0.1) is 23.3 Å². The third-order valence-electron chi connectivity index (χ3n) is 7.57. The number of hydrogen-bond acceptors (Lipinski definition) is 4. The van der Waals surface area contributed by atoms with E-state index >= 15 is 0 Å². The van der Waals surface area contributed by atoms with Crippen LogP contribution >= 0.6 is 134 Å². The Bertz CT molecular complexity index is 2170. The lowest BCUT2D eigenvalue weighted by Gasteiger charge is -2.14. The molecule has 0 amide bonds. The predicted molar refractivity (Wildman–Crippen MR) is 258 cm³/mol. The van der Waals surface area contributed by atoms with Gasteiger partial charge in [-0.25, -0.2) is 17.6 Å². The highest BCUT2D eigenvalue weighted by molar-refractivity contribution is 9.69. The number of benzene rings is 6. The molecule has 0 unspecified atom stereocenters. The molecule has 4 nitrogen and oxygen atoms in total. The summed E-state index contributed by atoms with van der Waals surface area (Å²) < 4.78 is 72.6. The van der Waals surface area contributed by atoms with Crippen molar-refractivity contribution in [3.05, 3.63) is 138 Å². The van der Waals surface area contributed by atoms with E-state index in [1.54, 1.807) is 60.7 Å². The number of ether oxygens (including phenoxy) is 2. The van der Waals surface area contributed by atoms with Crippen molar-refractivity contribution in [3.63, 3.8) is 0 Å². The summed E-state index contributed by atoms with van der Waals surface area (Å²) in [6, 6.07) is 25.1. The molecular weight excluding hydrogens is 1260 g/mol. The molecule has 0 bridgehead atoms. The van der Waals surface area contributed by atoms with Gasteiger partial charge in [0.15, 0.2) is 23.3 Å². The molecule has 0 atom stereocenters. The molecule has 0 radical (unpaired) electrons. The van der Waals surface area contributed by atoms with E-state index in [9.17, 15) is 27.8 Å². The van der Waals surface area contributed by atoms with Gasteiger partial charge < -0.3 is 19.7 Å². The Hall–Kier alpha value is -1.76. The fraction of sp³-hybridized carbons (Fsp3) is 0.100. The van der Waals surface area contributed by atoms with Crippen molar-refractivity contribution >= 4 is 137 Å². The van der Waals surface area contributed by atoms with Gasteiger partial charge in [-0.05, 0) is 72.8 Å². The highest BCUT2D eigenvalue weighted by atomic mass is 79.9. The average Bonchev–Trinajstić information content (AvgIpc) is 3.16. The number of phenols is 2. The summed E-state index contributed by atoms with van der Waals surface area (Å²) in [6.45, 7) is 0. The van der Waals surface area contributed by atoms with Crippen LogP contribution in [0.5, 0.6) is 23.0 Å². The van der Waals surface area contributed by atoms with Gasteiger partial charge in [-0.1, -0.05) is 95.4 Å².